The lowest BCUT2D eigenvalue weighted by Gasteiger charge is -2.65. The van der Waals surface area contributed by atoms with Crippen molar-refractivity contribution >= 4 is 17.6 Å². The Labute approximate surface area is 253 Å². The predicted molar refractivity (Wildman–Crippen MR) is 144 cm³/mol. The molecule has 2 amide bonds. The minimum atomic E-state index is -4.93. The second-order valence-electron chi connectivity index (χ2n) is 14.0. The Morgan fingerprint density at radius 2 is 1.80 bits per heavy atom. The number of hydrogen-bond donors (Lipinski definition) is 2. The van der Waals surface area contributed by atoms with Crippen LogP contribution in [0, 0.1) is 30.1 Å². The quantitative estimate of drug-likeness (QED) is 0.355. The number of alkyl halides is 4. The van der Waals surface area contributed by atoms with Gasteiger partial charge in [-0.3, -0.25) is 9.59 Å². The maximum absolute atomic E-state index is 14.3. The van der Waals surface area contributed by atoms with E-state index < -0.39 is 59.6 Å². The Bertz CT molecular complexity index is 1670. The molecule has 45 heavy (non-hydrogen) atoms. The molecule has 240 valence electrons. The second-order valence-corrected chi connectivity index (χ2v) is 14.0. The van der Waals surface area contributed by atoms with Crippen LogP contribution in [0.1, 0.15) is 97.4 Å². The topological polar surface area (TPSA) is 152 Å². The zero-order valence-electron chi connectivity index (χ0n) is 24.4. The Hall–Kier alpha value is -3.69. The van der Waals surface area contributed by atoms with Gasteiger partial charge in [0.05, 0.1) is 41.3 Å². The van der Waals surface area contributed by atoms with Gasteiger partial charge in [0.25, 0.3) is 11.7 Å². The molecule has 3 aromatic rings. The number of amides is 2. The van der Waals surface area contributed by atoms with E-state index >= 15 is 0 Å². The molecule has 9 rings (SSSR count). The molecule has 5 aliphatic carbocycles. The molecule has 0 spiro atoms. The number of aryl methyl sites for hydroxylation is 1. The van der Waals surface area contributed by atoms with Crippen LogP contribution in [-0.2, 0) is 4.79 Å². The molecule has 6 fully saturated rings. The van der Waals surface area contributed by atoms with Crippen LogP contribution in [0.5, 0.6) is 0 Å². The average molecular weight is 633 g/mol. The normalized spacial score (nSPS) is 31.9. The van der Waals surface area contributed by atoms with Crippen LogP contribution in [0.25, 0.3) is 5.78 Å². The van der Waals surface area contributed by atoms with E-state index in [1.807, 2.05) is 0 Å². The van der Waals surface area contributed by atoms with Crippen molar-refractivity contribution in [2.24, 2.45) is 23.2 Å². The van der Waals surface area contributed by atoms with Crippen LogP contribution in [0.15, 0.2) is 17.0 Å². The summed E-state index contributed by atoms with van der Waals surface area (Å²) in [4.78, 5) is 37.4. The lowest BCUT2D eigenvalue weighted by Crippen LogP contribution is -2.71. The van der Waals surface area contributed by atoms with Crippen molar-refractivity contribution in [1.82, 2.24) is 40.1 Å². The van der Waals surface area contributed by atoms with Gasteiger partial charge in [0.15, 0.2) is 11.3 Å². The third-order valence-electron chi connectivity index (χ3n) is 10.6. The molecule has 12 nitrogen and oxygen atoms in total. The number of imidazole rings is 1. The number of aromatic nitrogens is 6. The van der Waals surface area contributed by atoms with Crippen LogP contribution in [0.2, 0.25) is 0 Å². The first-order chi connectivity index (χ1) is 21.3. The Morgan fingerprint density at radius 1 is 1.11 bits per heavy atom. The molecule has 3 aromatic heterocycles. The molecule has 2 bridgehead atoms. The standard InChI is InChI=1S/C29H32F4N8O4/c1-14-21(39-45-38-14)23(42)37-22(20(15-2-3-15)16-4-5-16)18-10-41-25(36-18)35-17(9-34-41)19-8-28(44,29(31,32)33)6-7-40(19)24(43)26-11-27(30,12-26)13-26/h9-10,15-16,19-20,22,44H,2-8,11-13H2,1H3,(H,37,42)/t19-,22+,26?,27?,28+/m0/s1. The number of piperidine rings is 1. The van der Waals surface area contributed by atoms with E-state index in [4.69, 9.17) is 9.61 Å². The van der Waals surface area contributed by atoms with Crippen molar-refractivity contribution in [3.63, 3.8) is 0 Å². The lowest BCUT2D eigenvalue weighted by atomic mass is 9.41. The molecule has 4 heterocycles. The van der Waals surface area contributed by atoms with Gasteiger partial charge >= 0.3 is 6.18 Å². The molecule has 5 saturated carbocycles. The number of fused-ring (bicyclic) bond motifs is 1. The van der Waals surface area contributed by atoms with E-state index in [0.717, 1.165) is 25.7 Å². The van der Waals surface area contributed by atoms with Crippen LogP contribution in [-0.4, -0.2) is 75.7 Å². The predicted octanol–water partition coefficient (Wildman–Crippen LogP) is 3.57. The van der Waals surface area contributed by atoms with E-state index in [1.165, 1.54) is 15.6 Å². The van der Waals surface area contributed by atoms with Gasteiger partial charge in [-0.05, 0) is 74.8 Å². The van der Waals surface area contributed by atoms with E-state index in [0.29, 0.717) is 23.2 Å². The maximum atomic E-state index is 14.3. The highest BCUT2D eigenvalue weighted by Crippen LogP contribution is 2.70. The molecule has 0 aromatic carbocycles. The van der Waals surface area contributed by atoms with Gasteiger partial charge in [-0.15, -0.1) is 0 Å². The summed E-state index contributed by atoms with van der Waals surface area (Å²) in [5, 5.41) is 25.5. The highest BCUT2D eigenvalue weighted by Gasteiger charge is 2.74. The third kappa shape index (κ3) is 4.61. The summed E-state index contributed by atoms with van der Waals surface area (Å²) in [6.07, 6.45) is 0.770. The first-order valence-electron chi connectivity index (χ1n) is 15.4. The number of hydrogen-bond acceptors (Lipinski definition) is 9. The summed E-state index contributed by atoms with van der Waals surface area (Å²) in [5.74, 6) is 0.117. The van der Waals surface area contributed by atoms with E-state index in [9.17, 15) is 32.3 Å². The number of rotatable bonds is 8. The number of carbonyl (C=O) groups is 2. The first-order valence-corrected chi connectivity index (χ1v) is 15.4. The van der Waals surface area contributed by atoms with Crippen molar-refractivity contribution in [3.05, 3.63) is 35.2 Å². The smallest absolute Gasteiger partial charge is 0.380 e. The van der Waals surface area contributed by atoms with Crippen LogP contribution >= 0.6 is 0 Å². The first kappa shape index (κ1) is 28.8. The van der Waals surface area contributed by atoms with E-state index in [1.54, 1.807) is 13.1 Å². The highest BCUT2D eigenvalue weighted by atomic mass is 19.4. The minimum Gasteiger partial charge on any atom is -0.380 e. The molecule has 0 unspecified atom stereocenters. The highest BCUT2D eigenvalue weighted by molar-refractivity contribution is 5.93. The Kier molecular flexibility index (Phi) is 6.02. The molecule has 0 radical (unpaired) electrons. The molecule has 1 aliphatic heterocycles. The molecular formula is C29H32F4N8O4. The lowest BCUT2D eigenvalue weighted by molar-refractivity contribution is -0.280. The molecular weight excluding hydrogens is 600 g/mol. The van der Waals surface area contributed by atoms with Gasteiger partial charge < -0.3 is 15.3 Å². The summed E-state index contributed by atoms with van der Waals surface area (Å²) in [5.41, 5.74) is -4.38. The van der Waals surface area contributed by atoms with Gasteiger partial charge in [-0.2, -0.15) is 18.3 Å². The van der Waals surface area contributed by atoms with Crippen molar-refractivity contribution in [2.75, 3.05) is 6.54 Å². The van der Waals surface area contributed by atoms with Crippen molar-refractivity contribution in [3.8, 4) is 0 Å². The molecule has 1 saturated heterocycles. The Morgan fingerprint density at radius 3 is 2.38 bits per heavy atom. The van der Waals surface area contributed by atoms with Gasteiger partial charge in [0.1, 0.15) is 11.4 Å². The number of nitrogens with zero attached hydrogens (tertiary/aromatic N) is 7. The largest absolute Gasteiger partial charge is 0.417 e. The van der Waals surface area contributed by atoms with Gasteiger partial charge in [-0.1, -0.05) is 5.16 Å². The monoisotopic (exact) mass is 632 g/mol. The zero-order valence-corrected chi connectivity index (χ0v) is 24.4. The van der Waals surface area contributed by atoms with Crippen molar-refractivity contribution < 1.29 is 36.9 Å². The summed E-state index contributed by atoms with van der Waals surface area (Å²) in [6.45, 7) is 1.25. The fourth-order valence-electron chi connectivity index (χ4n) is 7.98. The Balaban J connectivity index is 1.14. The number of likely N-dealkylation sites (tertiary alicyclic amines) is 1. The summed E-state index contributed by atoms with van der Waals surface area (Å²) < 4.78 is 62.4. The average Bonchev–Trinajstić information content (AvgIpc) is 3.89. The maximum Gasteiger partial charge on any atom is 0.417 e. The fraction of sp³-hybridized carbons (Fsp3) is 0.690. The molecule has 3 atom stereocenters. The number of aliphatic hydroxyl groups is 1. The molecule has 6 aliphatic rings. The van der Waals surface area contributed by atoms with Crippen LogP contribution in [0.3, 0.4) is 0 Å². The molecule has 16 heteroatoms. The SMILES string of the molecule is Cc1nonc1C(=O)N[C@H](c1cn2ncc([C@@H]3C[C@@](O)(C(F)(F)F)CCN3C(=O)C34CC(F)(C3)C4)nc2n1)C(C1CC1)C1CC1. The van der Waals surface area contributed by atoms with Crippen molar-refractivity contribution in [1.29, 1.82) is 0 Å². The summed E-state index contributed by atoms with van der Waals surface area (Å²) in [6, 6.07) is -1.76. The van der Waals surface area contributed by atoms with Crippen LogP contribution in [0.4, 0.5) is 17.6 Å². The molecule has 2 N–H and O–H groups in total. The van der Waals surface area contributed by atoms with Gasteiger partial charge in [0.2, 0.25) is 5.91 Å². The number of halogens is 4. The summed E-state index contributed by atoms with van der Waals surface area (Å²) in [7, 11) is 0. The zero-order chi connectivity index (χ0) is 31.5. The second kappa shape index (κ2) is 9.42. The van der Waals surface area contributed by atoms with E-state index in [2.05, 4.69) is 25.7 Å². The summed E-state index contributed by atoms with van der Waals surface area (Å²) >= 11 is 0. The number of carbonyl (C=O) groups excluding carboxylic acids is 2. The van der Waals surface area contributed by atoms with Crippen molar-refractivity contribution in [2.45, 2.75) is 94.2 Å². The van der Waals surface area contributed by atoms with Crippen LogP contribution < -0.4 is 5.32 Å². The fourth-order valence-corrected chi connectivity index (χ4v) is 7.98. The van der Waals surface area contributed by atoms with Gasteiger partial charge in [-0.25, -0.2) is 23.5 Å². The minimum absolute atomic E-state index is 0.0442. The third-order valence-corrected chi connectivity index (χ3v) is 10.6. The van der Waals surface area contributed by atoms with E-state index in [-0.39, 0.29) is 48.9 Å². The number of nitrogens with one attached hydrogen (secondary N) is 1. The van der Waals surface area contributed by atoms with Gasteiger partial charge in [0, 0.05) is 19.4 Å².